The van der Waals surface area contributed by atoms with Crippen LogP contribution in [0.25, 0.3) is 10.9 Å². The predicted octanol–water partition coefficient (Wildman–Crippen LogP) is 3.27. The first kappa shape index (κ1) is 17.2. The van der Waals surface area contributed by atoms with Crippen molar-refractivity contribution in [3.05, 3.63) is 70.5 Å². The van der Waals surface area contributed by atoms with Gasteiger partial charge in [-0.1, -0.05) is 54.2 Å². The van der Waals surface area contributed by atoms with Gasteiger partial charge in [0.2, 0.25) is 0 Å². The lowest BCUT2D eigenvalue weighted by Crippen LogP contribution is -2.27. The van der Waals surface area contributed by atoms with Gasteiger partial charge in [0.1, 0.15) is 0 Å². The fourth-order valence-electron chi connectivity index (χ4n) is 2.63. The second-order valence-electron chi connectivity index (χ2n) is 5.54. The first-order valence-electron chi connectivity index (χ1n) is 7.87. The van der Waals surface area contributed by atoms with Crippen molar-refractivity contribution in [2.75, 3.05) is 12.9 Å². The molecule has 128 valence electrons. The number of rotatable bonds is 5. The first-order chi connectivity index (χ1) is 12.1. The van der Waals surface area contributed by atoms with Gasteiger partial charge in [-0.25, -0.2) is 4.98 Å². The molecule has 2 aromatic carbocycles. The number of fused-ring (bicyclic) bond motifs is 1. The third kappa shape index (κ3) is 3.58. The summed E-state index contributed by atoms with van der Waals surface area (Å²) in [7, 11) is 1.34. The van der Waals surface area contributed by atoms with Crippen LogP contribution in [0.15, 0.2) is 64.5 Å². The molecular formula is C19H18N2O3S. The number of ether oxygens (including phenoxy) is 1. The molecule has 1 heterocycles. The van der Waals surface area contributed by atoms with E-state index in [1.807, 2.05) is 49.4 Å². The fraction of sp³-hybridized carbons (Fsp3) is 0.211. The van der Waals surface area contributed by atoms with E-state index < -0.39 is 0 Å². The summed E-state index contributed by atoms with van der Waals surface area (Å²) in [5.74, 6) is -0.255. The monoisotopic (exact) mass is 354 g/mol. The van der Waals surface area contributed by atoms with E-state index in [9.17, 15) is 9.59 Å². The molecule has 0 aliphatic carbocycles. The standard InChI is InChI=1S/C19H18N2O3S/c1-13(14-8-4-3-5-9-14)21-18(23)15-10-6-7-11-16(15)20-19(21)25-12-17(22)24-2/h3-11,13H,12H2,1-2H3/t13-/m0/s1. The van der Waals surface area contributed by atoms with Crippen molar-refractivity contribution in [2.24, 2.45) is 0 Å². The van der Waals surface area contributed by atoms with E-state index in [1.54, 1.807) is 16.7 Å². The van der Waals surface area contributed by atoms with Gasteiger partial charge in [-0.2, -0.15) is 0 Å². The molecule has 25 heavy (non-hydrogen) atoms. The van der Waals surface area contributed by atoms with Crippen molar-refractivity contribution in [3.63, 3.8) is 0 Å². The Kier molecular flexibility index (Phi) is 5.19. The van der Waals surface area contributed by atoms with Crippen LogP contribution in [0, 0.1) is 0 Å². The lowest BCUT2D eigenvalue weighted by Gasteiger charge is -2.19. The Morgan fingerprint density at radius 3 is 2.56 bits per heavy atom. The van der Waals surface area contributed by atoms with Crippen molar-refractivity contribution in [1.29, 1.82) is 0 Å². The second kappa shape index (κ2) is 7.53. The molecule has 0 unspecified atom stereocenters. The highest BCUT2D eigenvalue weighted by Crippen LogP contribution is 2.24. The average Bonchev–Trinajstić information content (AvgIpc) is 2.66. The molecule has 0 spiro atoms. The van der Waals surface area contributed by atoms with Gasteiger partial charge in [0, 0.05) is 0 Å². The van der Waals surface area contributed by atoms with Gasteiger partial charge in [-0.05, 0) is 24.6 Å². The zero-order valence-corrected chi connectivity index (χ0v) is 14.8. The number of nitrogens with zero attached hydrogens (tertiary/aromatic N) is 2. The number of aromatic nitrogens is 2. The molecule has 6 heteroatoms. The van der Waals surface area contributed by atoms with E-state index >= 15 is 0 Å². The van der Waals surface area contributed by atoms with E-state index in [2.05, 4.69) is 4.98 Å². The molecule has 0 saturated heterocycles. The van der Waals surface area contributed by atoms with Gasteiger partial charge in [-0.3, -0.25) is 14.2 Å². The number of para-hydroxylation sites is 1. The summed E-state index contributed by atoms with van der Waals surface area (Å²) >= 11 is 1.21. The third-order valence-corrected chi connectivity index (χ3v) is 4.92. The quantitative estimate of drug-likeness (QED) is 0.400. The maximum Gasteiger partial charge on any atom is 0.316 e. The van der Waals surface area contributed by atoms with Crippen molar-refractivity contribution in [2.45, 2.75) is 18.1 Å². The third-order valence-electron chi connectivity index (χ3n) is 3.99. The Bertz CT molecular complexity index is 954. The molecule has 3 aromatic rings. The lowest BCUT2D eigenvalue weighted by molar-refractivity contribution is -0.137. The zero-order valence-electron chi connectivity index (χ0n) is 14.0. The van der Waals surface area contributed by atoms with Gasteiger partial charge in [0.15, 0.2) is 5.16 Å². The average molecular weight is 354 g/mol. The number of esters is 1. The van der Waals surface area contributed by atoms with Crippen LogP contribution in [0.5, 0.6) is 0 Å². The molecule has 0 radical (unpaired) electrons. The van der Waals surface area contributed by atoms with Crippen LogP contribution in [-0.2, 0) is 9.53 Å². The second-order valence-corrected chi connectivity index (χ2v) is 6.48. The van der Waals surface area contributed by atoms with Gasteiger partial charge >= 0.3 is 5.97 Å². The van der Waals surface area contributed by atoms with Crippen LogP contribution in [0.1, 0.15) is 18.5 Å². The zero-order chi connectivity index (χ0) is 17.8. The minimum Gasteiger partial charge on any atom is -0.468 e. The lowest BCUT2D eigenvalue weighted by atomic mass is 10.1. The van der Waals surface area contributed by atoms with Crippen LogP contribution < -0.4 is 5.56 Å². The van der Waals surface area contributed by atoms with Crippen LogP contribution in [-0.4, -0.2) is 28.4 Å². The minimum atomic E-state index is -0.355. The minimum absolute atomic E-state index is 0.1000. The Morgan fingerprint density at radius 2 is 1.84 bits per heavy atom. The maximum absolute atomic E-state index is 13.1. The molecule has 0 bridgehead atoms. The summed E-state index contributed by atoms with van der Waals surface area (Å²) in [5.41, 5.74) is 1.51. The summed E-state index contributed by atoms with van der Waals surface area (Å²) in [6, 6.07) is 16.8. The van der Waals surface area contributed by atoms with Crippen molar-refractivity contribution < 1.29 is 9.53 Å². The number of carbonyl (C=O) groups is 1. The topological polar surface area (TPSA) is 61.2 Å². The van der Waals surface area contributed by atoms with E-state index in [1.165, 1.54) is 18.9 Å². The van der Waals surface area contributed by atoms with E-state index in [4.69, 9.17) is 4.74 Å². The summed E-state index contributed by atoms with van der Waals surface area (Å²) in [5, 5.41) is 1.07. The summed E-state index contributed by atoms with van der Waals surface area (Å²) in [6.45, 7) is 1.95. The number of carbonyl (C=O) groups excluding carboxylic acids is 1. The smallest absolute Gasteiger partial charge is 0.316 e. The Balaban J connectivity index is 2.14. The number of benzene rings is 2. The van der Waals surface area contributed by atoms with Gasteiger partial charge in [0.25, 0.3) is 5.56 Å². The summed E-state index contributed by atoms with van der Waals surface area (Å²) in [6.07, 6.45) is 0. The molecule has 0 aliphatic heterocycles. The number of methoxy groups -OCH3 is 1. The van der Waals surface area contributed by atoms with Gasteiger partial charge < -0.3 is 4.74 Å². The molecule has 5 nitrogen and oxygen atoms in total. The van der Waals surface area contributed by atoms with Crippen LogP contribution in [0.4, 0.5) is 0 Å². The van der Waals surface area contributed by atoms with Gasteiger partial charge in [0.05, 0.1) is 29.8 Å². The molecule has 0 N–H and O–H groups in total. The van der Waals surface area contributed by atoms with E-state index in [0.717, 1.165) is 5.56 Å². The highest BCUT2D eigenvalue weighted by molar-refractivity contribution is 7.99. The Hall–Kier alpha value is -2.60. The molecule has 0 aliphatic rings. The van der Waals surface area contributed by atoms with Crippen molar-refractivity contribution >= 4 is 28.6 Å². The van der Waals surface area contributed by atoms with Gasteiger partial charge in [-0.15, -0.1) is 0 Å². The molecular weight excluding hydrogens is 336 g/mol. The first-order valence-corrected chi connectivity index (χ1v) is 8.86. The van der Waals surface area contributed by atoms with Crippen LogP contribution in [0.2, 0.25) is 0 Å². The number of thioether (sulfide) groups is 1. The van der Waals surface area contributed by atoms with Crippen LogP contribution >= 0.6 is 11.8 Å². The molecule has 1 aromatic heterocycles. The highest BCUT2D eigenvalue weighted by atomic mass is 32.2. The number of hydrogen-bond acceptors (Lipinski definition) is 5. The Morgan fingerprint density at radius 1 is 1.16 bits per heavy atom. The molecule has 0 amide bonds. The predicted molar refractivity (Wildman–Crippen MR) is 99.0 cm³/mol. The number of hydrogen-bond donors (Lipinski definition) is 0. The SMILES string of the molecule is COC(=O)CSc1nc2ccccc2c(=O)n1[C@@H](C)c1ccccc1. The fourth-order valence-corrected chi connectivity index (χ4v) is 3.54. The van der Waals surface area contributed by atoms with E-state index in [0.29, 0.717) is 16.1 Å². The van der Waals surface area contributed by atoms with Crippen molar-refractivity contribution in [1.82, 2.24) is 9.55 Å². The van der Waals surface area contributed by atoms with E-state index in [-0.39, 0.29) is 23.3 Å². The van der Waals surface area contributed by atoms with Crippen molar-refractivity contribution in [3.8, 4) is 0 Å². The molecule has 1 atom stereocenters. The molecule has 3 rings (SSSR count). The molecule has 0 fully saturated rings. The largest absolute Gasteiger partial charge is 0.468 e. The molecule has 0 saturated carbocycles. The normalized spacial score (nSPS) is 12.1. The maximum atomic E-state index is 13.1. The summed E-state index contributed by atoms with van der Waals surface area (Å²) in [4.78, 5) is 29.2. The van der Waals surface area contributed by atoms with Crippen LogP contribution in [0.3, 0.4) is 0 Å². The summed E-state index contributed by atoms with van der Waals surface area (Å²) < 4.78 is 6.34. The Labute approximate surface area is 149 Å². The highest BCUT2D eigenvalue weighted by Gasteiger charge is 2.18.